The molecule has 0 atom stereocenters. The van der Waals surface area contributed by atoms with Crippen LogP contribution in [0.3, 0.4) is 0 Å². The highest BCUT2D eigenvalue weighted by atomic mass is 79.9. The first kappa shape index (κ1) is 29.0. The number of phenolic OH excluding ortho intramolecular Hbond substituents is 1. The molecule has 0 unspecified atom stereocenters. The van der Waals surface area contributed by atoms with Crippen molar-refractivity contribution in [3.63, 3.8) is 0 Å². The lowest BCUT2D eigenvalue weighted by Gasteiger charge is -2.20. The van der Waals surface area contributed by atoms with Crippen LogP contribution in [0.4, 0.5) is 5.69 Å². The number of benzene rings is 3. The Labute approximate surface area is 256 Å². The third-order valence-corrected chi connectivity index (χ3v) is 8.76. The molecule has 2 aromatic rings. The van der Waals surface area contributed by atoms with Gasteiger partial charge in [0.1, 0.15) is 14.7 Å². The molecule has 4 rings (SSSR count). The summed E-state index contributed by atoms with van der Waals surface area (Å²) in [5, 5.41) is 27.8. The predicted molar refractivity (Wildman–Crippen MR) is 168 cm³/mol. The van der Waals surface area contributed by atoms with Gasteiger partial charge in [-0.25, -0.2) is 4.79 Å². The van der Waals surface area contributed by atoms with Gasteiger partial charge in [0.05, 0.1) is 14.5 Å². The second-order valence-electron chi connectivity index (χ2n) is 8.41. The molecule has 7 nitrogen and oxygen atoms in total. The largest absolute Gasteiger partial charge is 0.505 e. The van der Waals surface area contributed by atoms with E-state index in [-0.39, 0.29) is 41.5 Å². The van der Waals surface area contributed by atoms with Crippen LogP contribution in [0.5, 0.6) is 5.75 Å². The number of carboxylic acids is 1. The Balaban J connectivity index is 1.95. The zero-order valence-electron chi connectivity index (χ0n) is 19.8. The Kier molecular flexibility index (Phi) is 9.18. The van der Waals surface area contributed by atoms with Crippen LogP contribution in [-0.4, -0.2) is 27.8 Å². The zero-order valence-corrected chi connectivity index (χ0v) is 26.9. The molecular weight excluding hydrogens is 772 g/mol. The SMILES string of the molecule is CCCCCNC(=S)Nc1ccc(-c2c3cc(Br)c(=O)c(Br)c-3oc3c(Br)c(O)c(Br)cc23)c(C(=O)O)c1. The first-order valence-corrected chi connectivity index (χ1v) is 15.0. The van der Waals surface area contributed by atoms with Crippen molar-refractivity contribution in [2.45, 2.75) is 26.2 Å². The van der Waals surface area contributed by atoms with Crippen molar-refractivity contribution in [3.8, 4) is 28.2 Å². The Bertz CT molecular complexity index is 1620. The Morgan fingerprint density at radius 2 is 1.76 bits per heavy atom. The number of halogens is 4. The Morgan fingerprint density at radius 3 is 2.45 bits per heavy atom. The maximum Gasteiger partial charge on any atom is 0.336 e. The van der Waals surface area contributed by atoms with Crippen molar-refractivity contribution in [2.24, 2.45) is 0 Å². The highest BCUT2D eigenvalue weighted by molar-refractivity contribution is 9.11. The van der Waals surface area contributed by atoms with E-state index in [9.17, 15) is 19.8 Å². The molecule has 198 valence electrons. The van der Waals surface area contributed by atoms with Crippen LogP contribution in [-0.2, 0) is 0 Å². The number of carboxylic acid groups (broad SMARTS) is 1. The van der Waals surface area contributed by atoms with E-state index in [0.29, 0.717) is 37.3 Å². The summed E-state index contributed by atoms with van der Waals surface area (Å²) in [6.07, 6.45) is 3.16. The molecule has 0 saturated carbocycles. The number of carbonyl (C=O) groups is 1. The third kappa shape index (κ3) is 5.65. The fraction of sp³-hybridized carbons (Fsp3) is 0.192. The summed E-state index contributed by atoms with van der Waals surface area (Å²) < 4.78 is 7.16. The summed E-state index contributed by atoms with van der Waals surface area (Å²) in [7, 11) is 0. The van der Waals surface area contributed by atoms with Gasteiger partial charge in [0.2, 0.25) is 5.43 Å². The standard InChI is InChI=1S/C26H20Br4N2O5S/c1-2-3-4-7-31-26(38)32-11-5-6-12(13(8-11)25(35)36)18-14-9-16(27)21(33)19(29)23(14)37-24-15(18)10-17(28)22(34)20(24)30/h5-6,8-10,33H,2-4,7H2,1H3,(H,35,36)(H2,31,32,38). The lowest BCUT2D eigenvalue weighted by molar-refractivity contribution is 0.0697. The molecule has 0 spiro atoms. The Hall–Kier alpha value is -1.99. The molecule has 0 fully saturated rings. The summed E-state index contributed by atoms with van der Waals surface area (Å²) in [5.74, 6) is -1.04. The molecular formula is C26H20Br4N2O5S. The van der Waals surface area contributed by atoms with Crippen LogP contribution < -0.4 is 16.1 Å². The second-order valence-corrected chi connectivity index (χ2v) is 12.1. The normalized spacial score (nSPS) is 11.2. The minimum atomic E-state index is -1.15. The smallest absolute Gasteiger partial charge is 0.336 e. The molecule has 1 aliphatic heterocycles. The molecule has 2 aromatic carbocycles. The first-order valence-electron chi connectivity index (χ1n) is 11.4. The van der Waals surface area contributed by atoms with Crippen molar-refractivity contribution < 1.29 is 19.4 Å². The number of anilines is 1. The van der Waals surface area contributed by atoms with Crippen LogP contribution >= 0.6 is 75.9 Å². The molecule has 1 aliphatic carbocycles. The van der Waals surface area contributed by atoms with Gasteiger partial charge >= 0.3 is 5.97 Å². The number of fused-ring (bicyclic) bond motifs is 2. The van der Waals surface area contributed by atoms with E-state index >= 15 is 0 Å². The van der Waals surface area contributed by atoms with Crippen LogP contribution in [0.15, 0.2) is 57.4 Å². The monoisotopic (exact) mass is 788 g/mol. The molecule has 38 heavy (non-hydrogen) atoms. The van der Waals surface area contributed by atoms with Crippen molar-refractivity contribution in [3.05, 3.63) is 64.0 Å². The highest BCUT2D eigenvalue weighted by Gasteiger charge is 2.27. The van der Waals surface area contributed by atoms with E-state index in [0.717, 1.165) is 25.8 Å². The topological polar surface area (TPSA) is 112 Å². The average molecular weight is 792 g/mol. The van der Waals surface area contributed by atoms with E-state index in [1.807, 2.05) is 0 Å². The van der Waals surface area contributed by atoms with Crippen LogP contribution in [0.1, 0.15) is 36.5 Å². The fourth-order valence-electron chi connectivity index (χ4n) is 4.05. The number of aromatic hydroxyl groups is 1. The minimum absolute atomic E-state index is 0.0105. The van der Waals surface area contributed by atoms with Crippen molar-refractivity contribution in [1.82, 2.24) is 5.32 Å². The van der Waals surface area contributed by atoms with Crippen molar-refractivity contribution >= 4 is 104 Å². The van der Waals surface area contributed by atoms with E-state index in [1.54, 1.807) is 24.3 Å². The summed E-state index contributed by atoms with van der Waals surface area (Å²) in [6.45, 7) is 2.84. The second kappa shape index (κ2) is 12.0. The summed E-state index contributed by atoms with van der Waals surface area (Å²) >= 11 is 18.7. The summed E-state index contributed by atoms with van der Waals surface area (Å²) in [5.41, 5.74) is 1.82. The van der Waals surface area contributed by atoms with Gasteiger partial charge < -0.3 is 25.3 Å². The Morgan fingerprint density at radius 1 is 1.03 bits per heavy atom. The molecule has 12 heteroatoms. The third-order valence-electron chi connectivity index (χ3n) is 5.87. The maximum absolute atomic E-state index is 12.7. The molecule has 1 heterocycles. The van der Waals surface area contributed by atoms with Crippen LogP contribution in [0.2, 0.25) is 0 Å². The van der Waals surface area contributed by atoms with Gasteiger partial charge in [-0.2, -0.15) is 0 Å². The van der Waals surface area contributed by atoms with E-state index in [1.165, 1.54) is 6.07 Å². The number of unbranched alkanes of at least 4 members (excludes halogenated alkanes) is 2. The average Bonchev–Trinajstić information content (AvgIpc) is 2.88. The number of hydrogen-bond acceptors (Lipinski definition) is 5. The van der Waals surface area contributed by atoms with Crippen LogP contribution in [0, 0.1) is 0 Å². The van der Waals surface area contributed by atoms with Gasteiger partial charge in [-0.15, -0.1) is 0 Å². The number of aromatic carboxylic acids is 1. The molecule has 0 bridgehead atoms. The minimum Gasteiger partial charge on any atom is -0.505 e. The zero-order chi connectivity index (χ0) is 27.7. The lowest BCUT2D eigenvalue weighted by atomic mass is 9.90. The van der Waals surface area contributed by atoms with Gasteiger partial charge in [0.25, 0.3) is 0 Å². The fourth-order valence-corrected chi connectivity index (χ4v) is 6.68. The van der Waals surface area contributed by atoms with E-state index in [2.05, 4.69) is 81.3 Å². The predicted octanol–water partition coefficient (Wildman–Crippen LogP) is 8.50. The van der Waals surface area contributed by atoms with Gasteiger partial charge in [0, 0.05) is 28.7 Å². The van der Waals surface area contributed by atoms with E-state index < -0.39 is 5.97 Å². The maximum atomic E-state index is 12.7. The highest BCUT2D eigenvalue weighted by Crippen LogP contribution is 2.49. The van der Waals surface area contributed by atoms with Gasteiger partial charge in [-0.1, -0.05) is 25.8 Å². The van der Waals surface area contributed by atoms with E-state index in [4.69, 9.17) is 16.6 Å². The molecule has 0 amide bonds. The number of rotatable bonds is 7. The number of thiocarbonyl (C=S) groups is 1. The van der Waals surface area contributed by atoms with Gasteiger partial charge in [-0.05, 0) is 112 Å². The first-order chi connectivity index (χ1) is 18.0. The molecule has 4 N–H and O–H groups in total. The molecule has 0 radical (unpaired) electrons. The van der Waals surface area contributed by atoms with Crippen molar-refractivity contribution in [1.29, 1.82) is 0 Å². The number of nitrogens with one attached hydrogen (secondary N) is 2. The number of phenols is 1. The van der Waals surface area contributed by atoms with Crippen LogP contribution in [0.25, 0.3) is 33.4 Å². The molecule has 0 aromatic heterocycles. The van der Waals surface area contributed by atoms with Crippen molar-refractivity contribution in [2.75, 3.05) is 11.9 Å². The lowest BCUT2D eigenvalue weighted by Crippen LogP contribution is -2.29. The number of hydrogen-bond donors (Lipinski definition) is 4. The van der Waals surface area contributed by atoms with Gasteiger partial charge in [-0.3, -0.25) is 4.79 Å². The quantitative estimate of drug-likeness (QED) is 0.0839. The van der Waals surface area contributed by atoms with Gasteiger partial charge in [0.15, 0.2) is 16.5 Å². The molecule has 0 saturated heterocycles. The molecule has 2 aliphatic rings. The summed E-state index contributed by atoms with van der Waals surface area (Å²) in [6, 6.07) is 8.17. The summed E-state index contributed by atoms with van der Waals surface area (Å²) in [4.78, 5) is 25.2.